The average molecular weight is 451 g/mol. The summed E-state index contributed by atoms with van der Waals surface area (Å²) in [6.07, 6.45) is 1.18. The van der Waals surface area contributed by atoms with Crippen molar-refractivity contribution in [2.45, 2.75) is 59.1 Å². The molecule has 1 aliphatic heterocycles. The Bertz CT molecular complexity index is 1150. The quantitative estimate of drug-likeness (QED) is 0.559. The van der Waals surface area contributed by atoms with Crippen LogP contribution in [0, 0.1) is 19.8 Å². The van der Waals surface area contributed by atoms with Gasteiger partial charge in [0.05, 0.1) is 5.52 Å². The highest BCUT2D eigenvalue weighted by molar-refractivity contribution is 5.91. The number of nitrogens with one attached hydrogen (secondary N) is 1. The number of fused-ring (bicyclic) bond motifs is 1. The van der Waals surface area contributed by atoms with Gasteiger partial charge in [-0.15, -0.1) is 0 Å². The van der Waals surface area contributed by atoms with Crippen molar-refractivity contribution in [3.63, 3.8) is 0 Å². The van der Waals surface area contributed by atoms with Gasteiger partial charge < -0.3 is 15.3 Å². The number of rotatable bonds is 6. The number of hydrogen-bond donors (Lipinski definition) is 2. The van der Waals surface area contributed by atoms with Gasteiger partial charge in [0, 0.05) is 32.9 Å². The molecule has 0 radical (unpaired) electrons. The third kappa shape index (κ3) is 5.33. The molecule has 1 aliphatic rings. The number of anilines is 1. The molecule has 2 heterocycles. The van der Waals surface area contributed by atoms with E-state index in [1.807, 2.05) is 26.0 Å². The first-order chi connectivity index (χ1) is 15.8. The fraction of sp³-hybridized carbons (Fsp3) is 0.444. The van der Waals surface area contributed by atoms with Crippen molar-refractivity contribution < 1.29 is 12.8 Å². The molecule has 1 atom stereocenters. The second kappa shape index (κ2) is 9.87. The summed E-state index contributed by atoms with van der Waals surface area (Å²) in [6.45, 7) is 9.76. The highest BCUT2D eigenvalue weighted by Crippen LogP contribution is 2.31. The van der Waals surface area contributed by atoms with E-state index in [2.05, 4.69) is 54.4 Å². The molecule has 2 aromatic carbocycles. The molecule has 0 unspecified atom stereocenters. The molecule has 6 heteroatoms. The van der Waals surface area contributed by atoms with Crippen LogP contribution >= 0.6 is 0 Å². The number of nitrogens with zero attached hydrogens (tertiary/aromatic N) is 3. The van der Waals surface area contributed by atoms with Crippen LogP contribution in [0.1, 0.15) is 47.1 Å². The number of aryl methyl sites for hydroxylation is 2. The van der Waals surface area contributed by atoms with Gasteiger partial charge in [-0.05, 0) is 62.3 Å². The molecule has 1 amide bonds. The first-order valence-corrected chi connectivity index (χ1v) is 11.9. The second-order valence-electron chi connectivity index (χ2n) is 9.62. The SMILES string of the molecule is Cc1ccc2c(N3CCC(NC(=O)[C@@H](O)CC(C)C)CC3)nc(-c3ccccc3C)nc2c1.[HH].[HH]. The summed E-state index contributed by atoms with van der Waals surface area (Å²) >= 11 is 0. The third-order valence-electron chi connectivity index (χ3n) is 6.36. The lowest BCUT2D eigenvalue weighted by atomic mass is 10.0. The van der Waals surface area contributed by atoms with Crippen LogP contribution in [0.2, 0.25) is 0 Å². The maximum absolute atomic E-state index is 12.3. The lowest BCUT2D eigenvalue weighted by molar-refractivity contribution is -0.130. The minimum atomic E-state index is -0.936. The van der Waals surface area contributed by atoms with Crippen molar-refractivity contribution in [1.82, 2.24) is 15.3 Å². The Labute approximate surface area is 199 Å². The Morgan fingerprint density at radius 2 is 1.88 bits per heavy atom. The van der Waals surface area contributed by atoms with Gasteiger partial charge in [-0.1, -0.05) is 44.2 Å². The molecule has 3 aromatic rings. The van der Waals surface area contributed by atoms with E-state index in [1.54, 1.807) is 0 Å². The van der Waals surface area contributed by atoms with Crippen LogP contribution in [0.5, 0.6) is 0 Å². The molecular formula is C27H38N4O2. The molecule has 1 aromatic heterocycles. The Balaban J connectivity index is 0.00000216. The summed E-state index contributed by atoms with van der Waals surface area (Å²) in [6, 6.07) is 14.6. The predicted molar refractivity (Wildman–Crippen MR) is 138 cm³/mol. The van der Waals surface area contributed by atoms with Crippen molar-refractivity contribution in [2.75, 3.05) is 18.0 Å². The van der Waals surface area contributed by atoms with E-state index in [9.17, 15) is 9.90 Å². The summed E-state index contributed by atoms with van der Waals surface area (Å²) < 4.78 is 0. The van der Waals surface area contributed by atoms with Crippen molar-refractivity contribution in [1.29, 1.82) is 0 Å². The van der Waals surface area contributed by atoms with Crippen molar-refractivity contribution in [3.05, 3.63) is 53.6 Å². The van der Waals surface area contributed by atoms with Crippen LogP contribution in [0.3, 0.4) is 0 Å². The molecule has 0 spiro atoms. The van der Waals surface area contributed by atoms with Crippen molar-refractivity contribution in [3.8, 4) is 11.4 Å². The highest BCUT2D eigenvalue weighted by Gasteiger charge is 2.26. The number of aliphatic hydroxyl groups excluding tert-OH is 1. The maximum Gasteiger partial charge on any atom is 0.249 e. The number of benzene rings is 2. The zero-order valence-electron chi connectivity index (χ0n) is 20.0. The monoisotopic (exact) mass is 450 g/mol. The zero-order valence-corrected chi connectivity index (χ0v) is 20.0. The molecule has 1 fully saturated rings. The first kappa shape index (κ1) is 23.2. The molecule has 0 bridgehead atoms. The molecule has 1 saturated heterocycles. The summed E-state index contributed by atoms with van der Waals surface area (Å²) in [5.74, 6) is 1.72. The van der Waals surface area contributed by atoms with E-state index in [1.165, 1.54) is 5.56 Å². The Morgan fingerprint density at radius 3 is 2.58 bits per heavy atom. The lowest BCUT2D eigenvalue weighted by Gasteiger charge is -2.34. The van der Waals surface area contributed by atoms with Crippen LogP contribution in [-0.4, -0.2) is 46.2 Å². The molecule has 2 N–H and O–H groups in total. The largest absolute Gasteiger partial charge is 0.383 e. The van der Waals surface area contributed by atoms with E-state index >= 15 is 0 Å². The summed E-state index contributed by atoms with van der Waals surface area (Å²) in [4.78, 5) is 24.6. The highest BCUT2D eigenvalue weighted by atomic mass is 16.3. The normalized spacial score (nSPS) is 15.8. The smallest absolute Gasteiger partial charge is 0.249 e. The van der Waals surface area contributed by atoms with Crippen molar-refractivity contribution >= 4 is 22.6 Å². The van der Waals surface area contributed by atoms with Gasteiger partial charge in [0.2, 0.25) is 5.91 Å². The number of piperidine rings is 1. The average Bonchev–Trinajstić information content (AvgIpc) is 2.78. The minimum absolute atomic E-state index is 0. The maximum atomic E-state index is 12.3. The number of carbonyl (C=O) groups is 1. The van der Waals surface area contributed by atoms with E-state index in [4.69, 9.17) is 9.97 Å². The Kier molecular flexibility index (Phi) is 6.94. The molecule has 6 nitrogen and oxygen atoms in total. The number of amides is 1. The van der Waals surface area contributed by atoms with Gasteiger partial charge in [0.25, 0.3) is 0 Å². The summed E-state index contributed by atoms with van der Waals surface area (Å²) in [5.41, 5.74) is 4.31. The second-order valence-corrected chi connectivity index (χ2v) is 9.62. The van der Waals surface area contributed by atoms with E-state index in [0.717, 1.165) is 59.6 Å². The number of hydrogen-bond acceptors (Lipinski definition) is 5. The van der Waals surface area contributed by atoms with Gasteiger partial charge in [-0.3, -0.25) is 4.79 Å². The molecule has 0 aliphatic carbocycles. The number of aromatic nitrogens is 2. The Morgan fingerprint density at radius 1 is 1.15 bits per heavy atom. The van der Waals surface area contributed by atoms with Gasteiger partial charge in [-0.2, -0.15) is 0 Å². The topological polar surface area (TPSA) is 78.4 Å². The molecule has 33 heavy (non-hydrogen) atoms. The Hall–Kier alpha value is -2.99. The van der Waals surface area contributed by atoms with Crippen molar-refractivity contribution in [2.24, 2.45) is 5.92 Å². The van der Waals surface area contributed by atoms with E-state index in [-0.39, 0.29) is 20.7 Å². The van der Waals surface area contributed by atoms with Gasteiger partial charge >= 0.3 is 0 Å². The van der Waals surface area contributed by atoms with Crippen LogP contribution in [0.25, 0.3) is 22.3 Å². The summed E-state index contributed by atoms with van der Waals surface area (Å²) in [7, 11) is 0. The standard InChI is InChI=1S/C27H34N4O2.2H2/c1-17(2)15-24(32)27(33)28-20-11-13-31(14-12-20)26-22-10-9-18(3)16-23(22)29-25(30-26)21-8-6-5-7-19(21)4;;/h5-10,16-17,20,24,32H,11-15H2,1-4H3,(H,28,33);2*1H/t24-;;/m0../s1. The lowest BCUT2D eigenvalue weighted by Crippen LogP contribution is -2.48. The minimum Gasteiger partial charge on any atom is -0.383 e. The molecular weight excluding hydrogens is 412 g/mol. The molecule has 0 saturated carbocycles. The van der Waals surface area contributed by atoms with Crippen LogP contribution in [0.4, 0.5) is 5.82 Å². The van der Waals surface area contributed by atoms with E-state index in [0.29, 0.717) is 6.42 Å². The summed E-state index contributed by atoms with van der Waals surface area (Å²) in [5, 5.41) is 14.2. The van der Waals surface area contributed by atoms with Crippen LogP contribution < -0.4 is 10.2 Å². The van der Waals surface area contributed by atoms with Gasteiger partial charge in [-0.25, -0.2) is 9.97 Å². The fourth-order valence-electron chi connectivity index (χ4n) is 4.49. The third-order valence-corrected chi connectivity index (χ3v) is 6.36. The van der Waals surface area contributed by atoms with Crippen LogP contribution in [0.15, 0.2) is 42.5 Å². The molecule has 178 valence electrons. The molecule has 4 rings (SSSR count). The zero-order chi connectivity index (χ0) is 23.5. The number of aliphatic hydroxyl groups is 1. The van der Waals surface area contributed by atoms with Gasteiger partial charge in [0.1, 0.15) is 11.9 Å². The van der Waals surface area contributed by atoms with Crippen LogP contribution in [-0.2, 0) is 4.79 Å². The fourth-order valence-corrected chi connectivity index (χ4v) is 4.49. The predicted octanol–water partition coefficient (Wildman–Crippen LogP) is 4.90. The van der Waals surface area contributed by atoms with Gasteiger partial charge in [0.15, 0.2) is 5.82 Å². The number of carbonyl (C=O) groups excluding carboxylic acids is 1. The first-order valence-electron chi connectivity index (χ1n) is 11.9. The van der Waals surface area contributed by atoms with E-state index < -0.39 is 6.10 Å².